The van der Waals surface area contributed by atoms with Gasteiger partial charge in [-0.15, -0.1) is 0 Å². The topological polar surface area (TPSA) is 73.6 Å². The summed E-state index contributed by atoms with van der Waals surface area (Å²) < 4.78 is 21.7. The second kappa shape index (κ2) is 7.61. The zero-order valence-corrected chi connectivity index (χ0v) is 15.1. The summed E-state index contributed by atoms with van der Waals surface area (Å²) in [7, 11) is 1.61. The van der Waals surface area contributed by atoms with Crippen molar-refractivity contribution in [2.75, 3.05) is 19.0 Å². The van der Waals surface area contributed by atoms with Crippen molar-refractivity contribution in [2.24, 2.45) is 5.50 Å². The molecule has 0 aromatic heterocycles. The van der Waals surface area contributed by atoms with Crippen LogP contribution in [-0.4, -0.2) is 23.5 Å². The van der Waals surface area contributed by atoms with Gasteiger partial charge in [0.1, 0.15) is 5.75 Å². The van der Waals surface area contributed by atoms with Gasteiger partial charge in [-0.1, -0.05) is 12.2 Å². The van der Waals surface area contributed by atoms with Crippen LogP contribution in [0.1, 0.15) is 20.8 Å². The van der Waals surface area contributed by atoms with Crippen molar-refractivity contribution in [2.45, 2.75) is 25.5 Å². The third-order valence-corrected chi connectivity index (χ3v) is 7.28. The molecule has 0 amide bonds. The molecule has 0 heterocycles. The number of hydrogen-bond acceptors (Lipinski definition) is 5. The summed E-state index contributed by atoms with van der Waals surface area (Å²) in [5.74, 6) is 0.767. The van der Waals surface area contributed by atoms with Crippen LogP contribution in [0.4, 0.5) is 5.69 Å². The maximum Gasteiger partial charge on any atom is 0.324 e. The van der Waals surface area contributed by atoms with Gasteiger partial charge in [-0.3, -0.25) is 10.1 Å². The van der Waals surface area contributed by atoms with Gasteiger partial charge in [0.05, 0.1) is 23.5 Å². The highest BCUT2D eigenvalue weighted by molar-refractivity contribution is 8.56. The molecule has 0 aliphatic rings. The van der Waals surface area contributed by atoms with E-state index in [4.69, 9.17) is 27.0 Å². The van der Waals surface area contributed by atoms with Crippen LogP contribution in [0.15, 0.2) is 24.3 Å². The fraction of sp³-hybridized carbons (Fsp3) is 0.462. The van der Waals surface area contributed by atoms with E-state index in [9.17, 15) is 4.57 Å². The Bertz CT molecular complexity index is 535. The van der Waals surface area contributed by atoms with Crippen molar-refractivity contribution in [3.63, 3.8) is 0 Å². The molecule has 0 aliphatic heterocycles. The quantitative estimate of drug-likeness (QED) is 0.569. The van der Waals surface area contributed by atoms with Gasteiger partial charge in [-0.2, -0.15) is 0 Å². The molecule has 1 rings (SSSR count). The lowest BCUT2D eigenvalue weighted by atomic mass is 10.2. The molecule has 0 bridgehead atoms. The van der Waals surface area contributed by atoms with Crippen LogP contribution < -0.4 is 15.6 Å². The fourth-order valence-corrected chi connectivity index (χ4v) is 5.79. The Morgan fingerprint density at radius 3 is 2.48 bits per heavy atom. The van der Waals surface area contributed by atoms with Crippen LogP contribution in [0.3, 0.4) is 0 Å². The monoisotopic (exact) mass is 348 g/mol. The third-order valence-electron chi connectivity index (χ3n) is 2.56. The molecule has 1 atom stereocenters. The standard InChI is InChI=1S/C13H21N2O3PS2/c1-5-18-19(14,16)21-13(2,3)12(20)15-10-6-8-11(17-4)9-7-10/h6-9H,5H2,1-4H3,(H2,14,16)(H,15,20). The first-order chi connectivity index (χ1) is 9.70. The maximum absolute atomic E-state index is 12.1. The second-order valence-corrected chi connectivity index (χ2v) is 9.77. The Balaban J connectivity index is 2.74. The maximum atomic E-state index is 12.1. The van der Waals surface area contributed by atoms with Crippen molar-refractivity contribution in [1.82, 2.24) is 0 Å². The van der Waals surface area contributed by atoms with Crippen LogP contribution in [0.25, 0.3) is 0 Å². The molecular weight excluding hydrogens is 327 g/mol. The minimum atomic E-state index is -3.22. The Labute approximate surface area is 135 Å². The minimum Gasteiger partial charge on any atom is -0.497 e. The number of nitrogens with two attached hydrogens (primary N) is 1. The highest BCUT2D eigenvalue weighted by Gasteiger charge is 2.34. The van der Waals surface area contributed by atoms with E-state index < -0.39 is 11.5 Å². The molecule has 21 heavy (non-hydrogen) atoms. The first kappa shape index (κ1) is 18.5. The predicted molar refractivity (Wildman–Crippen MR) is 94.3 cm³/mol. The van der Waals surface area contributed by atoms with Gasteiger partial charge >= 0.3 is 6.72 Å². The first-order valence-electron chi connectivity index (χ1n) is 6.39. The Morgan fingerprint density at radius 2 is 2.00 bits per heavy atom. The Hall–Kier alpha value is -0.590. The number of methoxy groups -OCH3 is 1. The van der Waals surface area contributed by atoms with Gasteiger partial charge in [-0.05, 0) is 56.4 Å². The largest absolute Gasteiger partial charge is 0.497 e. The fourth-order valence-electron chi connectivity index (χ4n) is 1.52. The van der Waals surface area contributed by atoms with E-state index in [0.29, 0.717) is 11.6 Å². The van der Waals surface area contributed by atoms with Crippen LogP contribution in [0.2, 0.25) is 0 Å². The molecule has 0 fully saturated rings. The van der Waals surface area contributed by atoms with Crippen molar-refractivity contribution in [1.29, 1.82) is 0 Å². The van der Waals surface area contributed by atoms with Crippen molar-refractivity contribution < 1.29 is 13.8 Å². The summed E-state index contributed by atoms with van der Waals surface area (Å²) in [5, 5.41) is 3.12. The van der Waals surface area contributed by atoms with Crippen LogP contribution in [0, 0.1) is 0 Å². The molecule has 8 heteroatoms. The summed E-state index contributed by atoms with van der Waals surface area (Å²) in [4.78, 5) is 0.531. The van der Waals surface area contributed by atoms with Gasteiger partial charge in [0.2, 0.25) is 0 Å². The van der Waals surface area contributed by atoms with Crippen molar-refractivity contribution in [3.8, 4) is 5.75 Å². The normalized spacial score (nSPS) is 14.3. The highest BCUT2D eigenvalue weighted by atomic mass is 32.7. The third kappa shape index (κ3) is 5.96. The number of nitrogens with one attached hydrogen (secondary N) is 1. The lowest BCUT2D eigenvalue weighted by Gasteiger charge is -2.28. The smallest absolute Gasteiger partial charge is 0.324 e. The Kier molecular flexibility index (Phi) is 6.69. The second-order valence-electron chi connectivity index (χ2n) is 4.74. The summed E-state index contributed by atoms with van der Waals surface area (Å²) >= 11 is 6.44. The average molecular weight is 348 g/mol. The lowest BCUT2D eigenvalue weighted by molar-refractivity contribution is 0.346. The highest BCUT2D eigenvalue weighted by Crippen LogP contribution is 2.58. The number of thiocarbonyl (C=S) groups is 1. The first-order valence-corrected chi connectivity index (χ1v) is 9.92. The molecule has 0 spiro atoms. The number of ether oxygens (including phenoxy) is 1. The van der Waals surface area contributed by atoms with Crippen molar-refractivity contribution in [3.05, 3.63) is 24.3 Å². The molecule has 5 nitrogen and oxygen atoms in total. The number of hydrogen-bond donors (Lipinski definition) is 2. The van der Waals surface area contributed by atoms with Crippen LogP contribution in [0.5, 0.6) is 5.75 Å². The summed E-state index contributed by atoms with van der Waals surface area (Å²) in [6.45, 7) is 2.55. The zero-order valence-electron chi connectivity index (χ0n) is 12.6. The number of anilines is 1. The van der Waals surface area contributed by atoms with Gasteiger partial charge in [-0.25, -0.2) is 0 Å². The molecular formula is C13H21N2O3PS2. The Morgan fingerprint density at radius 1 is 1.43 bits per heavy atom. The zero-order chi connectivity index (χ0) is 16.1. The molecule has 3 N–H and O–H groups in total. The van der Waals surface area contributed by atoms with E-state index in [1.165, 1.54) is 0 Å². The van der Waals surface area contributed by atoms with Gasteiger partial charge in [0.15, 0.2) is 0 Å². The predicted octanol–water partition coefficient (Wildman–Crippen LogP) is 4.05. The van der Waals surface area contributed by atoms with E-state index in [2.05, 4.69) is 5.32 Å². The van der Waals surface area contributed by atoms with E-state index in [1.54, 1.807) is 14.0 Å². The van der Waals surface area contributed by atoms with E-state index in [1.807, 2.05) is 38.1 Å². The lowest BCUT2D eigenvalue weighted by Crippen LogP contribution is -2.32. The van der Waals surface area contributed by atoms with E-state index in [0.717, 1.165) is 22.8 Å². The molecule has 0 radical (unpaired) electrons. The summed E-state index contributed by atoms with van der Waals surface area (Å²) in [5.41, 5.74) is 6.51. The van der Waals surface area contributed by atoms with Gasteiger partial charge in [0.25, 0.3) is 0 Å². The van der Waals surface area contributed by atoms with Gasteiger partial charge < -0.3 is 14.6 Å². The van der Waals surface area contributed by atoms with Crippen LogP contribution >= 0.6 is 30.3 Å². The van der Waals surface area contributed by atoms with E-state index in [-0.39, 0.29) is 0 Å². The number of rotatable bonds is 7. The molecule has 118 valence electrons. The summed E-state index contributed by atoms with van der Waals surface area (Å²) in [6.07, 6.45) is 0. The number of benzene rings is 1. The van der Waals surface area contributed by atoms with Gasteiger partial charge in [0, 0.05) is 5.69 Å². The molecule has 1 aromatic carbocycles. The molecule has 0 saturated carbocycles. The van der Waals surface area contributed by atoms with Crippen molar-refractivity contribution >= 4 is 41.0 Å². The average Bonchev–Trinajstić information content (AvgIpc) is 2.38. The molecule has 1 aromatic rings. The minimum absolute atomic E-state index is 0.301. The van der Waals surface area contributed by atoms with Crippen LogP contribution in [-0.2, 0) is 9.09 Å². The molecule has 0 saturated heterocycles. The summed E-state index contributed by atoms with van der Waals surface area (Å²) in [6, 6.07) is 7.38. The molecule has 0 aliphatic carbocycles. The molecule has 1 unspecified atom stereocenters. The van der Waals surface area contributed by atoms with E-state index >= 15 is 0 Å². The SMILES string of the molecule is CCOP(N)(=O)SC(C)(C)C(=S)Nc1ccc(OC)cc1.